The number of hydrogen-bond acceptors (Lipinski definition) is 2. The van der Waals surface area contributed by atoms with Crippen molar-refractivity contribution in [3.8, 4) is 0 Å². The minimum Gasteiger partial charge on any atom is -0.374 e. The Morgan fingerprint density at radius 2 is 2.25 bits per heavy atom. The molecule has 2 N–H and O–H groups in total. The molecule has 0 bridgehead atoms. The van der Waals surface area contributed by atoms with E-state index < -0.39 is 0 Å². The lowest BCUT2D eigenvalue weighted by molar-refractivity contribution is -0.000897. The number of nitrogens with two attached hydrogens (primary N) is 1. The summed E-state index contributed by atoms with van der Waals surface area (Å²) in [7, 11) is 0. The Morgan fingerprint density at radius 3 is 2.88 bits per heavy atom. The first-order valence-corrected chi connectivity index (χ1v) is 6.12. The van der Waals surface area contributed by atoms with E-state index in [-0.39, 0.29) is 11.6 Å². The van der Waals surface area contributed by atoms with Crippen LogP contribution < -0.4 is 5.73 Å². The minimum atomic E-state index is -0.181. The summed E-state index contributed by atoms with van der Waals surface area (Å²) >= 11 is 6.12. The number of halogens is 1. The molecule has 1 saturated heterocycles. The normalized spacial score (nSPS) is 26.9. The monoisotopic (exact) mass is 239 g/mol. The van der Waals surface area contributed by atoms with Gasteiger partial charge in [-0.15, -0.1) is 0 Å². The molecule has 1 aromatic carbocycles. The van der Waals surface area contributed by atoms with Crippen molar-refractivity contribution in [2.24, 2.45) is 5.73 Å². The van der Waals surface area contributed by atoms with Crippen molar-refractivity contribution >= 4 is 11.6 Å². The fourth-order valence-corrected chi connectivity index (χ4v) is 2.42. The van der Waals surface area contributed by atoms with E-state index >= 15 is 0 Å². The van der Waals surface area contributed by atoms with Gasteiger partial charge in [-0.25, -0.2) is 0 Å². The molecule has 0 amide bonds. The van der Waals surface area contributed by atoms with Crippen molar-refractivity contribution in [3.05, 3.63) is 34.9 Å². The largest absolute Gasteiger partial charge is 0.374 e. The molecule has 0 saturated carbocycles. The summed E-state index contributed by atoms with van der Waals surface area (Å²) in [5.41, 5.74) is 7.15. The molecule has 1 fully saturated rings. The van der Waals surface area contributed by atoms with Gasteiger partial charge in [0.05, 0.1) is 5.60 Å². The number of benzene rings is 1. The molecule has 1 aromatic rings. The van der Waals surface area contributed by atoms with Crippen LogP contribution in [-0.4, -0.2) is 18.2 Å². The van der Waals surface area contributed by atoms with Crippen LogP contribution in [0.1, 0.15) is 25.3 Å². The molecule has 2 nitrogen and oxygen atoms in total. The number of hydrogen-bond donors (Lipinski definition) is 1. The maximum absolute atomic E-state index is 6.23. The Morgan fingerprint density at radius 1 is 1.50 bits per heavy atom. The molecule has 2 rings (SSSR count). The zero-order chi connectivity index (χ0) is 11.6. The molecular weight excluding hydrogens is 222 g/mol. The molecule has 2 unspecified atom stereocenters. The summed E-state index contributed by atoms with van der Waals surface area (Å²) in [5.74, 6) is 0. The highest BCUT2D eigenvalue weighted by atomic mass is 35.5. The third kappa shape index (κ3) is 2.40. The van der Waals surface area contributed by atoms with Crippen molar-refractivity contribution in [1.29, 1.82) is 0 Å². The van der Waals surface area contributed by atoms with E-state index in [4.69, 9.17) is 22.1 Å². The van der Waals surface area contributed by atoms with Crippen LogP contribution in [0, 0.1) is 0 Å². The topological polar surface area (TPSA) is 35.2 Å². The zero-order valence-corrected chi connectivity index (χ0v) is 10.3. The second kappa shape index (κ2) is 4.74. The Labute approximate surface area is 102 Å². The highest BCUT2D eigenvalue weighted by Gasteiger charge is 2.36. The molecule has 88 valence electrons. The minimum absolute atomic E-state index is 0.00917. The summed E-state index contributed by atoms with van der Waals surface area (Å²) in [4.78, 5) is 0. The Balaban J connectivity index is 2.07. The van der Waals surface area contributed by atoms with Crippen LogP contribution in [-0.2, 0) is 11.2 Å². The van der Waals surface area contributed by atoms with Gasteiger partial charge in [-0.3, -0.25) is 0 Å². The number of rotatable bonds is 3. The summed E-state index contributed by atoms with van der Waals surface area (Å²) in [6.45, 7) is 2.92. The van der Waals surface area contributed by atoms with Crippen molar-refractivity contribution in [1.82, 2.24) is 0 Å². The lowest BCUT2D eigenvalue weighted by Crippen LogP contribution is -2.46. The maximum Gasteiger partial charge on any atom is 0.0808 e. The third-order valence-corrected chi connectivity index (χ3v) is 3.80. The maximum atomic E-state index is 6.23. The summed E-state index contributed by atoms with van der Waals surface area (Å²) < 4.78 is 5.75. The highest BCUT2D eigenvalue weighted by molar-refractivity contribution is 6.31. The average molecular weight is 240 g/mol. The molecule has 0 radical (unpaired) electrons. The molecule has 0 aromatic heterocycles. The molecular formula is C13H18ClNO. The average Bonchev–Trinajstić information content (AvgIpc) is 2.70. The first-order valence-electron chi connectivity index (χ1n) is 5.75. The van der Waals surface area contributed by atoms with Gasteiger partial charge in [0.1, 0.15) is 0 Å². The molecule has 0 spiro atoms. The van der Waals surface area contributed by atoms with Crippen LogP contribution in [0.5, 0.6) is 0 Å². The second-order valence-electron chi connectivity index (χ2n) is 4.67. The molecule has 16 heavy (non-hydrogen) atoms. The third-order valence-electron chi connectivity index (χ3n) is 3.43. The Kier molecular flexibility index (Phi) is 3.53. The summed E-state index contributed by atoms with van der Waals surface area (Å²) in [5, 5.41) is 0.791. The van der Waals surface area contributed by atoms with Gasteiger partial charge >= 0.3 is 0 Å². The quantitative estimate of drug-likeness (QED) is 0.881. The van der Waals surface area contributed by atoms with Crippen molar-refractivity contribution in [3.63, 3.8) is 0 Å². The molecule has 3 heteroatoms. The Hall–Kier alpha value is -0.570. The van der Waals surface area contributed by atoms with Gasteiger partial charge in [0.2, 0.25) is 0 Å². The van der Waals surface area contributed by atoms with E-state index in [1.54, 1.807) is 0 Å². The highest BCUT2D eigenvalue weighted by Crippen LogP contribution is 2.30. The van der Waals surface area contributed by atoms with Gasteiger partial charge in [0.15, 0.2) is 0 Å². The van der Waals surface area contributed by atoms with E-state index in [1.807, 2.05) is 24.3 Å². The standard InChI is InChI=1S/C13H18ClNO/c1-13(7-4-8-16-13)12(15)9-10-5-2-3-6-11(10)14/h2-3,5-6,12H,4,7-9,15H2,1H3. The first-order chi connectivity index (χ1) is 7.62. The second-order valence-corrected chi connectivity index (χ2v) is 5.07. The molecule has 0 aliphatic carbocycles. The van der Waals surface area contributed by atoms with Gasteiger partial charge in [-0.2, -0.15) is 0 Å². The number of ether oxygens (including phenoxy) is 1. The zero-order valence-electron chi connectivity index (χ0n) is 9.58. The molecule has 1 heterocycles. The predicted octanol–water partition coefficient (Wildman–Crippen LogP) is 2.78. The Bertz CT molecular complexity index is 361. The van der Waals surface area contributed by atoms with E-state index in [2.05, 4.69) is 6.92 Å². The van der Waals surface area contributed by atoms with Crippen molar-refractivity contribution < 1.29 is 4.74 Å². The van der Waals surface area contributed by atoms with Crippen LogP contribution in [0.25, 0.3) is 0 Å². The predicted molar refractivity (Wildman–Crippen MR) is 66.7 cm³/mol. The van der Waals surface area contributed by atoms with Gasteiger partial charge < -0.3 is 10.5 Å². The van der Waals surface area contributed by atoms with Gasteiger partial charge in [-0.1, -0.05) is 29.8 Å². The summed E-state index contributed by atoms with van der Waals surface area (Å²) in [6.07, 6.45) is 2.92. The smallest absolute Gasteiger partial charge is 0.0808 e. The van der Waals surface area contributed by atoms with Crippen LogP contribution in [0.15, 0.2) is 24.3 Å². The lowest BCUT2D eigenvalue weighted by atomic mass is 9.89. The van der Waals surface area contributed by atoms with Crippen LogP contribution in [0.3, 0.4) is 0 Å². The fraction of sp³-hybridized carbons (Fsp3) is 0.538. The SMILES string of the molecule is CC1(C(N)Cc2ccccc2Cl)CCCO1. The van der Waals surface area contributed by atoms with E-state index in [0.29, 0.717) is 0 Å². The van der Waals surface area contributed by atoms with Crippen LogP contribution in [0.4, 0.5) is 0 Å². The molecule has 1 aliphatic rings. The van der Waals surface area contributed by atoms with Crippen molar-refractivity contribution in [2.75, 3.05) is 6.61 Å². The van der Waals surface area contributed by atoms with Gasteiger partial charge in [-0.05, 0) is 37.8 Å². The molecule has 2 atom stereocenters. The van der Waals surface area contributed by atoms with Crippen LogP contribution in [0.2, 0.25) is 5.02 Å². The van der Waals surface area contributed by atoms with Crippen LogP contribution >= 0.6 is 11.6 Å². The van der Waals surface area contributed by atoms with E-state index in [0.717, 1.165) is 36.5 Å². The van der Waals surface area contributed by atoms with Gasteiger partial charge in [0, 0.05) is 17.7 Å². The summed E-state index contributed by atoms with van der Waals surface area (Å²) in [6, 6.07) is 7.87. The van der Waals surface area contributed by atoms with Crippen molar-refractivity contribution in [2.45, 2.75) is 37.8 Å². The fourth-order valence-electron chi connectivity index (χ4n) is 2.21. The lowest BCUT2D eigenvalue weighted by Gasteiger charge is -2.30. The van der Waals surface area contributed by atoms with E-state index in [9.17, 15) is 0 Å². The first kappa shape index (κ1) is 11.9. The van der Waals surface area contributed by atoms with E-state index in [1.165, 1.54) is 0 Å². The van der Waals surface area contributed by atoms with Gasteiger partial charge in [0.25, 0.3) is 0 Å². The molecule has 1 aliphatic heterocycles.